The van der Waals surface area contributed by atoms with E-state index in [1.54, 1.807) is 36.5 Å². The highest BCUT2D eigenvalue weighted by Gasteiger charge is 2.50. The lowest BCUT2D eigenvalue weighted by Gasteiger charge is -2.24. The van der Waals surface area contributed by atoms with Crippen molar-refractivity contribution in [3.05, 3.63) is 65.5 Å². The van der Waals surface area contributed by atoms with Crippen LogP contribution in [0.5, 0.6) is 0 Å². The molecule has 1 aromatic heterocycles. The molecule has 5 N–H and O–H groups in total. The van der Waals surface area contributed by atoms with Gasteiger partial charge in [0.25, 0.3) is 12.1 Å². The normalized spacial score (nSPS) is 33.2. The zero-order chi connectivity index (χ0) is 18.5. The summed E-state index contributed by atoms with van der Waals surface area (Å²) >= 11 is 0. The molecular weight excluding hydrogens is 340 g/mol. The average Bonchev–Trinajstić information content (AvgIpc) is 3.10. The van der Waals surface area contributed by atoms with E-state index < -0.39 is 42.8 Å². The standard InChI is InChI=1S/C18H18N2O6/c21-9-13-14(22)15(23)17(26-13)20-7-6-12-11(8-20)16(24)19-18(12,25)10-4-2-1-3-5-10/h1-8,13-15,17,21-23,25H,9H2/p+1/t13-,14?,15?,17-,18?/m1/s1. The topological polar surface area (TPSA) is 123 Å². The molecule has 2 aliphatic rings. The van der Waals surface area contributed by atoms with Gasteiger partial charge in [0.15, 0.2) is 24.2 Å². The Morgan fingerprint density at radius 3 is 2.54 bits per heavy atom. The van der Waals surface area contributed by atoms with Crippen molar-refractivity contribution in [1.82, 2.24) is 5.32 Å². The summed E-state index contributed by atoms with van der Waals surface area (Å²) in [4.78, 5) is 12.4. The number of fused-ring (bicyclic) bond motifs is 1. The van der Waals surface area contributed by atoms with Gasteiger partial charge in [-0.1, -0.05) is 30.3 Å². The van der Waals surface area contributed by atoms with Gasteiger partial charge in [-0.2, -0.15) is 4.57 Å². The van der Waals surface area contributed by atoms with Gasteiger partial charge in [-0.25, -0.2) is 0 Å². The Hall–Kier alpha value is -2.36. The largest absolute Gasteiger partial charge is 0.394 e. The molecule has 8 heteroatoms. The summed E-state index contributed by atoms with van der Waals surface area (Å²) in [6.45, 7) is -0.436. The van der Waals surface area contributed by atoms with Gasteiger partial charge in [0.1, 0.15) is 17.8 Å². The second kappa shape index (κ2) is 6.11. The molecule has 0 saturated carbocycles. The van der Waals surface area contributed by atoms with E-state index in [2.05, 4.69) is 5.32 Å². The minimum absolute atomic E-state index is 0.233. The maximum atomic E-state index is 12.4. The second-order valence-electron chi connectivity index (χ2n) is 6.48. The maximum absolute atomic E-state index is 12.4. The number of aliphatic hydroxyl groups excluding tert-OH is 3. The molecule has 4 rings (SSSR count). The number of carbonyl (C=O) groups excluding carboxylic acids is 1. The number of carbonyl (C=O) groups is 1. The Bertz CT molecular complexity index is 845. The zero-order valence-corrected chi connectivity index (χ0v) is 13.7. The molecule has 3 unspecified atom stereocenters. The molecule has 0 bridgehead atoms. The molecule has 3 heterocycles. The third-order valence-corrected chi connectivity index (χ3v) is 4.91. The van der Waals surface area contributed by atoms with Crippen LogP contribution in [0.2, 0.25) is 0 Å². The van der Waals surface area contributed by atoms with Gasteiger partial charge in [0.2, 0.25) is 0 Å². The van der Waals surface area contributed by atoms with Crippen molar-refractivity contribution < 1.29 is 34.5 Å². The summed E-state index contributed by atoms with van der Waals surface area (Å²) in [7, 11) is 0. The summed E-state index contributed by atoms with van der Waals surface area (Å²) in [5.41, 5.74) is -0.499. The number of rotatable bonds is 3. The first-order valence-corrected chi connectivity index (χ1v) is 8.24. The molecule has 2 aliphatic heterocycles. The van der Waals surface area contributed by atoms with Crippen LogP contribution < -0.4 is 9.88 Å². The van der Waals surface area contributed by atoms with E-state index in [-0.39, 0.29) is 5.56 Å². The number of hydrogen-bond acceptors (Lipinski definition) is 6. The molecule has 5 atom stereocenters. The molecule has 2 aromatic rings. The van der Waals surface area contributed by atoms with Gasteiger partial charge < -0.3 is 30.5 Å². The molecule has 26 heavy (non-hydrogen) atoms. The Balaban J connectivity index is 1.73. The van der Waals surface area contributed by atoms with E-state index in [0.29, 0.717) is 11.1 Å². The smallest absolute Gasteiger partial charge is 0.292 e. The lowest BCUT2D eigenvalue weighted by atomic mass is 9.95. The van der Waals surface area contributed by atoms with Crippen molar-refractivity contribution in [2.75, 3.05) is 6.61 Å². The minimum Gasteiger partial charge on any atom is -0.394 e. The highest BCUT2D eigenvalue weighted by atomic mass is 16.6. The maximum Gasteiger partial charge on any atom is 0.292 e. The van der Waals surface area contributed by atoms with Gasteiger partial charge in [-0.05, 0) is 0 Å². The molecule has 136 valence electrons. The summed E-state index contributed by atoms with van der Waals surface area (Å²) in [5.74, 6) is -0.465. The fourth-order valence-corrected chi connectivity index (χ4v) is 3.50. The number of ether oxygens (including phenoxy) is 1. The van der Waals surface area contributed by atoms with Crippen LogP contribution in [0.1, 0.15) is 27.7 Å². The van der Waals surface area contributed by atoms with E-state index in [0.717, 1.165) is 0 Å². The van der Waals surface area contributed by atoms with Crippen LogP contribution in [0.3, 0.4) is 0 Å². The van der Waals surface area contributed by atoms with Crippen molar-refractivity contribution in [3.8, 4) is 0 Å². The minimum atomic E-state index is -1.64. The van der Waals surface area contributed by atoms with Crippen LogP contribution in [0.15, 0.2) is 48.8 Å². The van der Waals surface area contributed by atoms with E-state index >= 15 is 0 Å². The first-order valence-electron chi connectivity index (χ1n) is 8.24. The molecule has 0 radical (unpaired) electrons. The van der Waals surface area contributed by atoms with Crippen LogP contribution >= 0.6 is 0 Å². The molecule has 1 aromatic carbocycles. The van der Waals surface area contributed by atoms with Gasteiger partial charge in [-0.3, -0.25) is 4.79 Å². The molecule has 8 nitrogen and oxygen atoms in total. The molecule has 0 spiro atoms. The zero-order valence-electron chi connectivity index (χ0n) is 13.7. The molecule has 1 amide bonds. The van der Waals surface area contributed by atoms with Crippen molar-refractivity contribution in [3.63, 3.8) is 0 Å². The van der Waals surface area contributed by atoms with Crippen LogP contribution in [0.4, 0.5) is 0 Å². The first-order chi connectivity index (χ1) is 12.5. The van der Waals surface area contributed by atoms with Crippen LogP contribution in [-0.2, 0) is 10.5 Å². The van der Waals surface area contributed by atoms with E-state index in [9.17, 15) is 25.2 Å². The monoisotopic (exact) mass is 359 g/mol. The van der Waals surface area contributed by atoms with Gasteiger partial charge in [0.05, 0.1) is 6.61 Å². The number of aliphatic hydroxyl groups is 4. The number of amides is 1. The number of hydrogen-bond donors (Lipinski definition) is 5. The van der Waals surface area contributed by atoms with E-state index in [4.69, 9.17) is 4.74 Å². The lowest BCUT2D eigenvalue weighted by molar-refractivity contribution is -0.765. The summed E-state index contributed by atoms with van der Waals surface area (Å²) in [6, 6.07) is 10.3. The van der Waals surface area contributed by atoms with Gasteiger partial charge in [0, 0.05) is 17.2 Å². The fourth-order valence-electron chi connectivity index (χ4n) is 3.50. The number of nitrogens with one attached hydrogen (secondary N) is 1. The van der Waals surface area contributed by atoms with Gasteiger partial charge in [-0.15, -0.1) is 0 Å². The van der Waals surface area contributed by atoms with Crippen molar-refractivity contribution in [1.29, 1.82) is 0 Å². The number of pyridine rings is 1. The molecule has 1 fully saturated rings. The SMILES string of the molecule is O=C1NC(O)(c2ccccc2)c2cc[n+]([C@@H]3O[C@H](CO)C(O)C3O)cc21. The average molecular weight is 359 g/mol. The predicted octanol–water partition coefficient (Wildman–Crippen LogP) is -1.48. The lowest BCUT2D eigenvalue weighted by Crippen LogP contribution is -2.46. The molecule has 1 saturated heterocycles. The number of benzene rings is 1. The van der Waals surface area contributed by atoms with E-state index in [1.807, 2.05) is 6.07 Å². The Morgan fingerprint density at radius 1 is 1.15 bits per heavy atom. The summed E-state index contributed by atoms with van der Waals surface area (Å²) in [5, 5.41) is 42.9. The first kappa shape index (κ1) is 17.1. The van der Waals surface area contributed by atoms with Crippen LogP contribution in [0.25, 0.3) is 0 Å². The number of aromatic nitrogens is 1. The third-order valence-electron chi connectivity index (χ3n) is 4.91. The Morgan fingerprint density at radius 2 is 1.88 bits per heavy atom. The Kier molecular flexibility index (Phi) is 4.02. The summed E-state index contributed by atoms with van der Waals surface area (Å²) < 4.78 is 6.91. The van der Waals surface area contributed by atoms with E-state index in [1.165, 1.54) is 10.8 Å². The summed E-state index contributed by atoms with van der Waals surface area (Å²) in [6.07, 6.45) is -1.36. The molecule has 0 aliphatic carbocycles. The third kappa shape index (κ3) is 2.43. The van der Waals surface area contributed by atoms with Crippen LogP contribution in [-0.4, -0.2) is 51.3 Å². The molecular formula is C18H19N2O6+. The van der Waals surface area contributed by atoms with Crippen molar-refractivity contribution >= 4 is 5.91 Å². The highest BCUT2D eigenvalue weighted by molar-refractivity contribution is 5.99. The van der Waals surface area contributed by atoms with Gasteiger partial charge >= 0.3 is 0 Å². The van der Waals surface area contributed by atoms with Crippen LogP contribution in [0, 0.1) is 0 Å². The predicted molar refractivity (Wildman–Crippen MR) is 86.6 cm³/mol. The van der Waals surface area contributed by atoms with Crippen molar-refractivity contribution in [2.45, 2.75) is 30.3 Å². The number of nitrogens with zero attached hydrogens (tertiary/aromatic N) is 1. The highest BCUT2D eigenvalue weighted by Crippen LogP contribution is 2.34. The fraction of sp³-hybridized carbons (Fsp3) is 0.333. The quantitative estimate of drug-likeness (QED) is 0.426. The Labute approximate surface area is 148 Å². The second-order valence-corrected chi connectivity index (χ2v) is 6.48. The van der Waals surface area contributed by atoms with Crippen molar-refractivity contribution in [2.24, 2.45) is 0 Å².